The Bertz CT molecular complexity index is 577. The van der Waals surface area contributed by atoms with Gasteiger partial charge < -0.3 is 15.8 Å². The third-order valence-electron chi connectivity index (χ3n) is 2.56. The summed E-state index contributed by atoms with van der Waals surface area (Å²) >= 11 is 1.62. The Hall–Kier alpha value is -1.95. The quantitative estimate of drug-likeness (QED) is 0.794. The average Bonchev–Trinajstić information content (AvgIpc) is 2.45. The Morgan fingerprint density at radius 2 is 2.10 bits per heavy atom. The highest BCUT2D eigenvalue weighted by molar-refractivity contribution is 7.98. The van der Waals surface area contributed by atoms with Crippen molar-refractivity contribution in [2.75, 3.05) is 23.9 Å². The molecule has 2 rings (SSSR count). The summed E-state index contributed by atoms with van der Waals surface area (Å²) in [4.78, 5) is 9.28. The van der Waals surface area contributed by atoms with Crippen molar-refractivity contribution in [1.82, 2.24) is 9.97 Å². The van der Waals surface area contributed by atoms with Crippen LogP contribution in [0.2, 0.25) is 0 Å². The Morgan fingerprint density at radius 3 is 2.85 bits per heavy atom. The maximum Gasteiger partial charge on any atom is 0.226 e. The summed E-state index contributed by atoms with van der Waals surface area (Å²) in [5.41, 5.74) is 5.71. The SMILES string of the molecule is CCCNc1cc(Oc2ccccc2SC)nc(N)n1. The second kappa shape index (κ2) is 7.00. The monoisotopic (exact) mass is 290 g/mol. The van der Waals surface area contributed by atoms with E-state index in [4.69, 9.17) is 10.5 Å². The van der Waals surface area contributed by atoms with Crippen LogP contribution in [-0.4, -0.2) is 22.8 Å². The lowest BCUT2D eigenvalue weighted by atomic mass is 10.3. The van der Waals surface area contributed by atoms with Gasteiger partial charge in [0.05, 0.1) is 0 Å². The second-order valence-electron chi connectivity index (χ2n) is 4.13. The van der Waals surface area contributed by atoms with E-state index in [1.807, 2.05) is 30.5 Å². The van der Waals surface area contributed by atoms with Crippen molar-refractivity contribution in [2.24, 2.45) is 0 Å². The molecule has 1 heterocycles. The number of hydrogen-bond donors (Lipinski definition) is 2. The molecule has 0 atom stereocenters. The molecule has 1 aromatic heterocycles. The fourth-order valence-corrected chi connectivity index (χ4v) is 2.18. The van der Waals surface area contributed by atoms with E-state index in [2.05, 4.69) is 22.2 Å². The molecule has 2 aromatic rings. The predicted octanol–water partition coefficient (Wildman–Crippen LogP) is 3.39. The summed E-state index contributed by atoms with van der Waals surface area (Å²) in [6, 6.07) is 9.56. The minimum absolute atomic E-state index is 0.197. The van der Waals surface area contributed by atoms with Crippen LogP contribution in [0.25, 0.3) is 0 Å². The van der Waals surface area contributed by atoms with E-state index in [9.17, 15) is 0 Å². The van der Waals surface area contributed by atoms with Gasteiger partial charge in [0.15, 0.2) is 0 Å². The number of aromatic nitrogens is 2. The van der Waals surface area contributed by atoms with Gasteiger partial charge in [0.1, 0.15) is 11.6 Å². The summed E-state index contributed by atoms with van der Waals surface area (Å²) in [7, 11) is 0. The normalized spacial score (nSPS) is 10.3. The molecule has 20 heavy (non-hydrogen) atoms. The lowest BCUT2D eigenvalue weighted by Gasteiger charge is -2.10. The molecule has 0 amide bonds. The topological polar surface area (TPSA) is 73.1 Å². The summed E-state index contributed by atoms with van der Waals surface area (Å²) < 4.78 is 5.81. The standard InChI is InChI=1S/C14H18N4OS/c1-3-8-16-12-9-13(18-14(15)17-12)19-10-6-4-5-7-11(10)20-2/h4-7,9H,3,8H2,1-2H3,(H3,15,16,17,18). The molecule has 0 saturated carbocycles. The number of ether oxygens (including phenoxy) is 1. The number of hydrogen-bond acceptors (Lipinski definition) is 6. The molecule has 0 spiro atoms. The van der Waals surface area contributed by atoms with Crippen molar-refractivity contribution in [3.8, 4) is 11.6 Å². The first-order valence-corrected chi connectivity index (χ1v) is 7.64. The molecule has 0 radical (unpaired) electrons. The number of benzene rings is 1. The van der Waals surface area contributed by atoms with Crippen molar-refractivity contribution in [1.29, 1.82) is 0 Å². The number of nitrogens with zero attached hydrogens (tertiary/aromatic N) is 2. The number of thioether (sulfide) groups is 1. The number of nitrogens with one attached hydrogen (secondary N) is 1. The Morgan fingerprint density at radius 1 is 1.30 bits per heavy atom. The highest BCUT2D eigenvalue weighted by Crippen LogP contribution is 2.31. The first kappa shape index (κ1) is 14.5. The summed E-state index contributed by atoms with van der Waals surface area (Å²) in [5.74, 6) is 2.08. The molecule has 0 aliphatic heterocycles. The van der Waals surface area contributed by atoms with Crippen LogP contribution in [0.5, 0.6) is 11.6 Å². The summed E-state index contributed by atoms with van der Waals surface area (Å²) in [5, 5.41) is 3.17. The minimum Gasteiger partial charge on any atom is -0.438 e. The van der Waals surface area contributed by atoms with Gasteiger partial charge in [-0.3, -0.25) is 0 Å². The Balaban J connectivity index is 2.22. The molecular formula is C14H18N4OS. The average molecular weight is 290 g/mol. The molecule has 0 aliphatic carbocycles. The third-order valence-corrected chi connectivity index (χ3v) is 3.34. The number of nitrogens with two attached hydrogens (primary N) is 1. The van der Waals surface area contributed by atoms with Crippen molar-refractivity contribution >= 4 is 23.5 Å². The van der Waals surface area contributed by atoms with Crippen molar-refractivity contribution < 1.29 is 4.74 Å². The maximum absolute atomic E-state index is 5.81. The van der Waals surface area contributed by atoms with Gasteiger partial charge in [0.25, 0.3) is 0 Å². The molecule has 1 aromatic carbocycles. The van der Waals surface area contributed by atoms with Crippen LogP contribution in [0.1, 0.15) is 13.3 Å². The van der Waals surface area contributed by atoms with E-state index < -0.39 is 0 Å². The Kier molecular flexibility index (Phi) is 5.06. The molecule has 5 nitrogen and oxygen atoms in total. The molecule has 0 aliphatic rings. The zero-order valence-electron chi connectivity index (χ0n) is 11.6. The van der Waals surface area contributed by atoms with Crippen LogP contribution < -0.4 is 15.8 Å². The van der Waals surface area contributed by atoms with Gasteiger partial charge in [-0.05, 0) is 24.8 Å². The lowest BCUT2D eigenvalue weighted by molar-refractivity contribution is 0.452. The van der Waals surface area contributed by atoms with Gasteiger partial charge in [-0.2, -0.15) is 9.97 Å². The number of nitrogen functional groups attached to an aromatic ring is 1. The molecule has 106 valence electrons. The van der Waals surface area contributed by atoms with Crippen LogP contribution in [0, 0.1) is 0 Å². The summed E-state index contributed by atoms with van der Waals surface area (Å²) in [6.45, 7) is 2.92. The lowest BCUT2D eigenvalue weighted by Crippen LogP contribution is -2.05. The van der Waals surface area contributed by atoms with Crippen LogP contribution in [0.4, 0.5) is 11.8 Å². The third kappa shape index (κ3) is 3.77. The fourth-order valence-electron chi connectivity index (χ4n) is 1.65. The Labute approximate surface area is 123 Å². The second-order valence-corrected chi connectivity index (χ2v) is 4.98. The zero-order chi connectivity index (χ0) is 14.4. The van der Waals surface area contributed by atoms with Crippen molar-refractivity contribution in [2.45, 2.75) is 18.2 Å². The van der Waals surface area contributed by atoms with Gasteiger partial charge in [0.2, 0.25) is 11.8 Å². The predicted molar refractivity (Wildman–Crippen MR) is 83.5 cm³/mol. The largest absolute Gasteiger partial charge is 0.438 e. The minimum atomic E-state index is 0.197. The smallest absolute Gasteiger partial charge is 0.226 e. The molecule has 0 bridgehead atoms. The van der Waals surface area contributed by atoms with Gasteiger partial charge in [0, 0.05) is 17.5 Å². The van der Waals surface area contributed by atoms with E-state index >= 15 is 0 Å². The molecule has 3 N–H and O–H groups in total. The number of anilines is 2. The number of para-hydroxylation sites is 1. The van der Waals surface area contributed by atoms with Crippen LogP contribution >= 0.6 is 11.8 Å². The first-order chi connectivity index (χ1) is 9.72. The first-order valence-electron chi connectivity index (χ1n) is 6.42. The zero-order valence-corrected chi connectivity index (χ0v) is 12.4. The summed E-state index contributed by atoms with van der Waals surface area (Å²) in [6.07, 6.45) is 3.01. The molecule has 0 fully saturated rings. The molecular weight excluding hydrogens is 272 g/mol. The van der Waals surface area contributed by atoms with E-state index in [0.717, 1.165) is 23.6 Å². The van der Waals surface area contributed by atoms with Crippen molar-refractivity contribution in [3.05, 3.63) is 30.3 Å². The molecule has 0 saturated heterocycles. The van der Waals surface area contributed by atoms with Gasteiger partial charge >= 0.3 is 0 Å². The van der Waals surface area contributed by atoms with Crippen molar-refractivity contribution in [3.63, 3.8) is 0 Å². The van der Waals surface area contributed by atoms with Gasteiger partial charge in [-0.25, -0.2) is 0 Å². The molecule has 0 unspecified atom stereocenters. The van der Waals surface area contributed by atoms with Crippen LogP contribution in [0.3, 0.4) is 0 Å². The van der Waals surface area contributed by atoms with E-state index in [1.165, 1.54) is 0 Å². The van der Waals surface area contributed by atoms with E-state index in [0.29, 0.717) is 11.7 Å². The fraction of sp³-hybridized carbons (Fsp3) is 0.286. The number of rotatable bonds is 6. The van der Waals surface area contributed by atoms with E-state index in [1.54, 1.807) is 17.8 Å². The van der Waals surface area contributed by atoms with Crippen LogP contribution in [-0.2, 0) is 0 Å². The molecule has 6 heteroatoms. The van der Waals surface area contributed by atoms with Crippen LogP contribution in [0.15, 0.2) is 35.2 Å². The highest BCUT2D eigenvalue weighted by atomic mass is 32.2. The van der Waals surface area contributed by atoms with Gasteiger partial charge in [-0.15, -0.1) is 11.8 Å². The van der Waals surface area contributed by atoms with Gasteiger partial charge in [-0.1, -0.05) is 19.1 Å². The maximum atomic E-state index is 5.81. The highest BCUT2D eigenvalue weighted by Gasteiger charge is 2.07. The van der Waals surface area contributed by atoms with E-state index in [-0.39, 0.29) is 5.95 Å².